The number of rotatable bonds is 6. The predicted octanol–water partition coefficient (Wildman–Crippen LogP) is 4.09. The number of hydrogen-bond donors (Lipinski definition) is 1. The number of hydrogen-bond acceptors (Lipinski definition) is 3. The summed E-state index contributed by atoms with van der Waals surface area (Å²) < 4.78 is 0. The van der Waals surface area contributed by atoms with Crippen LogP contribution >= 0.6 is 35.7 Å². The molecule has 2 saturated heterocycles. The molecular weight excluding hydrogens is 495 g/mol. The normalized spacial score (nSPS) is 22.3. The SMILES string of the molecule is CN=C(NCCC(=O)N1CCCCC1C)N1CCC(CSc2ccccc2)C1.I. The van der Waals surface area contributed by atoms with Gasteiger partial charge in [0.1, 0.15) is 0 Å². The number of nitrogens with zero attached hydrogens (tertiary/aromatic N) is 3. The van der Waals surface area contributed by atoms with Crippen molar-refractivity contribution in [3.05, 3.63) is 30.3 Å². The fourth-order valence-corrected chi connectivity index (χ4v) is 5.17. The van der Waals surface area contributed by atoms with E-state index in [9.17, 15) is 4.79 Å². The minimum atomic E-state index is 0. The Morgan fingerprint density at radius 1 is 1.21 bits per heavy atom. The predicted molar refractivity (Wildman–Crippen MR) is 133 cm³/mol. The topological polar surface area (TPSA) is 47.9 Å². The van der Waals surface area contributed by atoms with Gasteiger partial charge in [-0.3, -0.25) is 9.79 Å². The van der Waals surface area contributed by atoms with E-state index in [4.69, 9.17) is 0 Å². The lowest BCUT2D eigenvalue weighted by molar-refractivity contribution is -0.134. The molecule has 0 saturated carbocycles. The first-order chi connectivity index (χ1) is 13.7. The number of carbonyl (C=O) groups excluding carboxylic acids is 1. The summed E-state index contributed by atoms with van der Waals surface area (Å²) >= 11 is 1.94. The van der Waals surface area contributed by atoms with Crippen LogP contribution < -0.4 is 5.32 Å². The van der Waals surface area contributed by atoms with Gasteiger partial charge in [0.05, 0.1) is 0 Å². The maximum atomic E-state index is 12.5. The van der Waals surface area contributed by atoms with Gasteiger partial charge >= 0.3 is 0 Å². The number of aliphatic imine (C=N–C) groups is 1. The van der Waals surface area contributed by atoms with Gasteiger partial charge in [0.15, 0.2) is 5.96 Å². The molecule has 0 aromatic heterocycles. The molecule has 29 heavy (non-hydrogen) atoms. The number of carbonyl (C=O) groups is 1. The van der Waals surface area contributed by atoms with Crippen LogP contribution in [0.3, 0.4) is 0 Å². The van der Waals surface area contributed by atoms with Gasteiger partial charge in [-0.15, -0.1) is 35.7 Å². The van der Waals surface area contributed by atoms with Gasteiger partial charge in [-0.05, 0) is 50.7 Å². The van der Waals surface area contributed by atoms with E-state index in [0.29, 0.717) is 24.9 Å². The Hall–Kier alpha value is -0.960. The second kappa shape index (κ2) is 12.7. The van der Waals surface area contributed by atoms with Gasteiger partial charge in [0.2, 0.25) is 5.91 Å². The zero-order chi connectivity index (χ0) is 19.8. The Labute approximate surface area is 197 Å². The molecule has 3 rings (SSSR count). The molecule has 2 aliphatic rings. The van der Waals surface area contributed by atoms with Gasteiger partial charge in [-0.25, -0.2) is 0 Å². The van der Waals surface area contributed by atoms with Crippen molar-refractivity contribution >= 4 is 47.6 Å². The fourth-order valence-electron chi connectivity index (χ4n) is 4.12. The van der Waals surface area contributed by atoms with Crippen LogP contribution in [0.4, 0.5) is 0 Å². The Balaban J connectivity index is 0.00000300. The summed E-state index contributed by atoms with van der Waals surface area (Å²) in [5, 5.41) is 3.41. The number of guanidine groups is 1. The maximum absolute atomic E-state index is 12.5. The number of likely N-dealkylation sites (tertiary alicyclic amines) is 2. The van der Waals surface area contributed by atoms with Gasteiger partial charge in [0, 0.05) is 56.3 Å². The van der Waals surface area contributed by atoms with E-state index >= 15 is 0 Å². The van der Waals surface area contributed by atoms with Gasteiger partial charge in [-0.2, -0.15) is 0 Å². The van der Waals surface area contributed by atoms with E-state index in [2.05, 4.69) is 57.4 Å². The maximum Gasteiger partial charge on any atom is 0.224 e. The van der Waals surface area contributed by atoms with E-state index < -0.39 is 0 Å². The fraction of sp³-hybridized carbons (Fsp3) is 0.636. The highest BCUT2D eigenvalue weighted by atomic mass is 127. The smallest absolute Gasteiger partial charge is 0.224 e. The Morgan fingerprint density at radius 3 is 2.72 bits per heavy atom. The number of halogens is 1. The van der Waals surface area contributed by atoms with Crippen molar-refractivity contribution in [3.8, 4) is 0 Å². The lowest BCUT2D eigenvalue weighted by Crippen LogP contribution is -2.45. The quantitative estimate of drug-likeness (QED) is 0.261. The number of amides is 1. The largest absolute Gasteiger partial charge is 0.356 e. The number of nitrogens with one attached hydrogen (secondary N) is 1. The molecule has 2 atom stereocenters. The summed E-state index contributed by atoms with van der Waals surface area (Å²) in [6, 6.07) is 11.0. The van der Waals surface area contributed by atoms with Crippen LogP contribution in [0.25, 0.3) is 0 Å². The molecule has 0 spiro atoms. The number of piperidine rings is 1. The summed E-state index contributed by atoms with van der Waals surface area (Å²) in [4.78, 5) is 22.7. The molecule has 7 heteroatoms. The first-order valence-electron chi connectivity index (χ1n) is 10.6. The molecule has 2 fully saturated rings. The lowest BCUT2D eigenvalue weighted by atomic mass is 10.0. The highest BCUT2D eigenvalue weighted by Crippen LogP contribution is 2.25. The van der Waals surface area contributed by atoms with E-state index in [0.717, 1.165) is 44.2 Å². The van der Waals surface area contributed by atoms with Crippen LogP contribution in [0.2, 0.25) is 0 Å². The van der Waals surface area contributed by atoms with Crippen molar-refractivity contribution in [1.82, 2.24) is 15.1 Å². The monoisotopic (exact) mass is 530 g/mol. The zero-order valence-electron chi connectivity index (χ0n) is 17.7. The van der Waals surface area contributed by atoms with Crippen LogP contribution in [0, 0.1) is 5.92 Å². The molecule has 2 aliphatic heterocycles. The van der Waals surface area contributed by atoms with E-state index in [1.165, 1.54) is 17.7 Å². The van der Waals surface area contributed by atoms with Crippen molar-refractivity contribution < 1.29 is 4.79 Å². The second-order valence-electron chi connectivity index (χ2n) is 7.88. The van der Waals surface area contributed by atoms with E-state index in [1.807, 2.05) is 18.8 Å². The third kappa shape index (κ3) is 7.35. The molecule has 5 nitrogen and oxygen atoms in total. The first-order valence-corrected chi connectivity index (χ1v) is 11.6. The van der Waals surface area contributed by atoms with Crippen molar-refractivity contribution in [2.45, 2.75) is 50.0 Å². The Morgan fingerprint density at radius 2 is 2.00 bits per heavy atom. The Bertz CT molecular complexity index is 657. The molecule has 0 bridgehead atoms. The van der Waals surface area contributed by atoms with E-state index in [1.54, 1.807) is 0 Å². The zero-order valence-corrected chi connectivity index (χ0v) is 20.8. The second-order valence-corrected chi connectivity index (χ2v) is 8.97. The minimum absolute atomic E-state index is 0. The van der Waals surface area contributed by atoms with Crippen LogP contribution in [-0.2, 0) is 4.79 Å². The molecule has 162 valence electrons. The van der Waals surface area contributed by atoms with Crippen molar-refractivity contribution in [3.63, 3.8) is 0 Å². The van der Waals surface area contributed by atoms with Gasteiger partial charge in [0.25, 0.3) is 0 Å². The summed E-state index contributed by atoms with van der Waals surface area (Å²) in [5.74, 6) is 3.03. The summed E-state index contributed by atoms with van der Waals surface area (Å²) in [6.07, 6.45) is 5.27. The highest BCUT2D eigenvalue weighted by molar-refractivity contribution is 14.0. The van der Waals surface area contributed by atoms with E-state index in [-0.39, 0.29) is 29.9 Å². The lowest BCUT2D eigenvalue weighted by Gasteiger charge is -2.33. The van der Waals surface area contributed by atoms with Crippen LogP contribution in [-0.4, -0.2) is 66.7 Å². The molecule has 0 aliphatic carbocycles. The highest BCUT2D eigenvalue weighted by Gasteiger charge is 2.26. The molecule has 2 heterocycles. The molecule has 0 radical (unpaired) electrons. The van der Waals surface area contributed by atoms with Crippen molar-refractivity contribution in [2.75, 3.05) is 39.0 Å². The van der Waals surface area contributed by atoms with Crippen LogP contribution in [0.1, 0.15) is 39.0 Å². The summed E-state index contributed by atoms with van der Waals surface area (Å²) in [7, 11) is 1.84. The molecule has 1 amide bonds. The number of thioether (sulfide) groups is 1. The first kappa shape index (κ1) is 24.3. The summed E-state index contributed by atoms with van der Waals surface area (Å²) in [6.45, 7) is 5.82. The molecule has 2 unspecified atom stereocenters. The third-order valence-corrected chi connectivity index (χ3v) is 7.01. The average Bonchev–Trinajstić information content (AvgIpc) is 3.19. The van der Waals surface area contributed by atoms with Crippen molar-refractivity contribution in [2.24, 2.45) is 10.9 Å². The Kier molecular flexibility index (Phi) is 10.6. The van der Waals surface area contributed by atoms with Gasteiger partial charge < -0.3 is 15.1 Å². The standard InChI is InChI=1S/C22H34N4OS.HI/c1-18-8-6-7-14-26(18)21(27)11-13-24-22(23-2)25-15-12-19(16-25)17-28-20-9-4-3-5-10-20;/h3-5,9-10,18-19H,6-8,11-17H2,1-2H3,(H,23,24);1H. The average molecular weight is 531 g/mol. The van der Waals surface area contributed by atoms with Crippen molar-refractivity contribution in [1.29, 1.82) is 0 Å². The van der Waals surface area contributed by atoms with Gasteiger partial charge in [-0.1, -0.05) is 18.2 Å². The van der Waals surface area contributed by atoms with Crippen LogP contribution in [0.15, 0.2) is 40.2 Å². The number of benzene rings is 1. The van der Waals surface area contributed by atoms with Crippen LogP contribution in [0.5, 0.6) is 0 Å². The third-order valence-electron chi connectivity index (χ3n) is 5.77. The summed E-state index contributed by atoms with van der Waals surface area (Å²) in [5.41, 5.74) is 0. The molecule has 1 N–H and O–H groups in total. The minimum Gasteiger partial charge on any atom is -0.356 e. The molecule has 1 aromatic rings. The molecular formula is C22H35IN4OS. The molecule has 1 aromatic carbocycles.